The van der Waals surface area contributed by atoms with Crippen molar-refractivity contribution in [1.29, 1.82) is 0 Å². The third kappa shape index (κ3) is 3.20. The number of amides is 1. The number of hydrogen-bond acceptors (Lipinski definition) is 4. The minimum atomic E-state index is -3.85. The number of nitrogens with one attached hydrogen (secondary N) is 1. The highest BCUT2D eigenvalue weighted by molar-refractivity contribution is 7.89. The summed E-state index contributed by atoms with van der Waals surface area (Å²) in [5.41, 5.74) is 1.97. The van der Waals surface area contributed by atoms with Crippen LogP contribution in [-0.2, 0) is 14.8 Å². The van der Waals surface area contributed by atoms with Crippen LogP contribution in [0.1, 0.15) is 22.7 Å². The summed E-state index contributed by atoms with van der Waals surface area (Å²) in [7, 11) is -2.30. The lowest BCUT2D eigenvalue weighted by molar-refractivity contribution is -0.126. The fraction of sp³-hybridized carbons (Fsp3) is 0.316. The summed E-state index contributed by atoms with van der Waals surface area (Å²) >= 11 is 0. The maximum Gasteiger partial charge on any atom is 0.244 e. The van der Waals surface area contributed by atoms with Crippen molar-refractivity contribution < 1.29 is 17.9 Å². The van der Waals surface area contributed by atoms with Gasteiger partial charge in [-0.1, -0.05) is 30.3 Å². The Balaban J connectivity index is 2.10. The number of benzene rings is 2. The van der Waals surface area contributed by atoms with Crippen LogP contribution >= 0.6 is 0 Å². The number of hydrogen-bond donors (Lipinski definition) is 1. The highest BCUT2D eigenvalue weighted by Gasteiger charge is 2.40. The monoisotopic (exact) mass is 374 g/mol. The molecule has 2 aromatic rings. The van der Waals surface area contributed by atoms with Crippen LogP contribution in [0.25, 0.3) is 0 Å². The van der Waals surface area contributed by atoms with Gasteiger partial charge in [0.25, 0.3) is 0 Å². The van der Waals surface area contributed by atoms with E-state index in [4.69, 9.17) is 4.74 Å². The van der Waals surface area contributed by atoms with Crippen LogP contribution in [0.3, 0.4) is 0 Å². The number of ether oxygens (including phenoxy) is 1. The molecular weight excluding hydrogens is 352 g/mol. The molecule has 3 rings (SSSR count). The number of rotatable bonds is 4. The number of sulfonamides is 1. The fourth-order valence-corrected chi connectivity index (χ4v) is 5.12. The summed E-state index contributed by atoms with van der Waals surface area (Å²) in [6, 6.07) is 11.4. The van der Waals surface area contributed by atoms with Crippen molar-refractivity contribution in [2.45, 2.75) is 24.8 Å². The van der Waals surface area contributed by atoms with E-state index >= 15 is 0 Å². The van der Waals surface area contributed by atoms with Crippen molar-refractivity contribution in [3.63, 3.8) is 0 Å². The van der Waals surface area contributed by atoms with E-state index in [0.717, 1.165) is 5.56 Å². The van der Waals surface area contributed by atoms with Crippen LogP contribution in [0.5, 0.6) is 5.75 Å². The van der Waals surface area contributed by atoms with Gasteiger partial charge in [-0.2, -0.15) is 4.31 Å². The van der Waals surface area contributed by atoms with Crippen LogP contribution in [0.15, 0.2) is 47.4 Å². The molecule has 0 saturated carbocycles. The van der Waals surface area contributed by atoms with Gasteiger partial charge in [0.2, 0.25) is 15.9 Å². The highest BCUT2D eigenvalue weighted by Crippen LogP contribution is 2.33. The number of nitrogens with zero attached hydrogens (tertiary/aromatic N) is 1. The maximum absolute atomic E-state index is 13.4. The molecule has 0 aliphatic carbocycles. The number of carbonyl (C=O) groups excluding carboxylic acids is 1. The quantitative estimate of drug-likeness (QED) is 0.890. The van der Waals surface area contributed by atoms with Gasteiger partial charge in [0.05, 0.1) is 12.0 Å². The maximum atomic E-state index is 13.4. The first-order chi connectivity index (χ1) is 12.4. The first-order valence-corrected chi connectivity index (χ1v) is 9.80. The smallest absolute Gasteiger partial charge is 0.244 e. The van der Waals surface area contributed by atoms with Crippen molar-refractivity contribution in [3.8, 4) is 5.75 Å². The van der Waals surface area contributed by atoms with E-state index < -0.39 is 16.1 Å². The molecule has 138 valence electrons. The Kier molecular flexibility index (Phi) is 5.02. The predicted molar refractivity (Wildman–Crippen MR) is 98.6 cm³/mol. The molecule has 1 heterocycles. The van der Waals surface area contributed by atoms with Crippen molar-refractivity contribution in [2.24, 2.45) is 0 Å². The normalized spacial score (nSPS) is 18.4. The Morgan fingerprint density at radius 3 is 2.46 bits per heavy atom. The molecule has 0 aromatic heterocycles. The molecule has 1 unspecified atom stereocenters. The predicted octanol–water partition coefficient (Wildman–Crippen LogP) is 2.17. The zero-order valence-electron chi connectivity index (χ0n) is 15.0. The first-order valence-electron chi connectivity index (χ1n) is 8.36. The van der Waals surface area contributed by atoms with Crippen LogP contribution in [0, 0.1) is 13.8 Å². The molecule has 1 atom stereocenters. The van der Waals surface area contributed by atoms with Gasteiger partial charge in [0.1, 0.15) is 11.8 Å². The Labute approximate surface area is 153 Å². The van der Waals surface area contributed by atoms with Crippen molar-refractivity contribution in [1.82, 2.24) is 9.62 Å². The third-order valence-corrected chi connectivity index (χ3v) is 6.57. The van der Waals surface area contributed by atoms with Crippen molar-refractivity contribution in [3.05, 3.63) is 59.2 Å². The van der Waals surface area contributed by atoms with Crippen LogP contribution in [0.4, 0.5) is 0 Å². The van der Waals surface area contributed by atoms with Gasteiger partial charge >= 0.3 is 0 Å². The van der Waals surface area contributed by atoms with Gasteiger partial charge in [-0.25, -0.2) is 8.42 Å². The molecule has 2 aromatic carbocycles. The summed E-state index contributed by atoms with van der Waals surface area (Å²) in [4.78, 5) is 12.7. The van der Waals surface area contributed by atoms with Crippen LogP contribution in [0.2, 0.25) is 0 Å². The largest absolute Gasteiger partial charge is 0.496 e. The standard InChI is InChI=1S/C19H22N2O4S/c1-13-12-17(14(2)11-16(13)25-3)26(23,24)21-10-9-20-19(22)18(21)15-7-5-4-6-8-15/h4-8,11-12,18H,9-10H2,1-3H3,(H,20,22). The zero-order valence-corrected chi connectivity index (χ0v) is 15.8. The molecule has 0 bridgehead atoms. The lowest BCUT2D eigenvalue weighted by Gasteiger charge is -2.34. The molecule has 1 saturated heterocycles. The number of carbonyl (C=O) groups is 1. The second-order valence-corrected chi connectivity index (χ2v) is 8.17. The molecule has 1 aliphatic heterocycles. The molecule has 1 fully saturated rings. The fourth-order valence-electron chi connectivity index (χ4n) is 3.25. The Morgan fingerprint density at radius 2 is 1.81 bits per heavy atom. The zero-order chi connectivity index (χ0) is 18.9. The lowest BCUT2D eigenvalue weighted by atomic mass is 10.1. The molecule has 7 heteroatoms. The molecule has 26 heavy (non-hydrogen) atoms. The molecule has 6 nitrogen and oxygen atoms in total. The SMILES string of the molecule is COc1cc(C)c(S(=O)(=O)N2CCNC(=O)C2c2ccccc2)cc1C. The van der Waals surface area contributed by atoms with E-state index in [1.807, 2.05) is 6.07 Å². The first kappa shape index (κ1) is 18.4. The average Bonchev–Trinajstić information content (AvgIpc) is 2.63. The summed E-state index contributed by atoms with van der Waals surface area (Å²) < 4.78 is 33.3. The summed E-state index contributed by atoms with van der Waals surface area (Å²) in [6.45, 7) is 4.04. The van der Waals surface area contributed by atoms with Gasteiger partial charge in [-0.3, -0.25) is 4.79 Å². The van der Waals surface area contributed by atoms with E-state index in [9.17, 15) is 13.2 Å². The molecule has 1 amide bonds. The second-order valence-electron chi connectivity index (χ2n) is 6.31. The number of aryl methyl sites for hydroxylation is 2. The lowest BCUT2D eigenvalue weighted by Crippen LogP contribution is -2.52. The molecular formula is C19H22N2O4S. The van der Waals surface area contributed by atoms with Crippen LogP contribution in [-0.4, -0.2) is 38.8 Å². The van der Waals surface area contributed by atoms with Gasteiger partial charge < -0.3 is 10.1 Å². The number of methoxy groups -OCH3 is 1. The molecule has 1 aliphatic rings. The van der Waals surface area contributed by atoms with E-state index in [-0.39, 0.29) is 23.9 Å². The highest BCUT2D eigenvalue weighted by atomic mass is 32.2. The second kappa shape index (κ2) is 7.09. The van der Waals surface area contributed by atoms with Gasteiger partial charge in [-0.15, -0.1) is 0 Å². The molecule has 1 N–H and O–H groups in total. The van der Waals surface area contributed by atoms with Gasteiger partial charge in [-0.05, 0) is 42.7 Å². The van der Waals surface area contributed by atoms with E-state index in [2.05, 4.69) is 5.32 Å². The van der Waals surface area contributed by atoms with Crippen LogP contribution < -0.4 is 10.1 Å². The number of piperazine rings is 1. The summed E-state index contributed by atoms with van der Waals surface area (Å²) in [5.74, 6) is 0.325. The van der Waals surface area contributed by atoms with E-state index in [0.29, 0.717) is 16.9 Å². The van der Waals surface area contributed by atoms with Crippen molar-refractivity contribution >= 4 is 15.9 Å². The summed E-state index contributed by atoms with van der Waals surface area (Å²) in [6.07, 6.45) is 0. The Hall–Kier alpha value is -2.38. The topological polar surface area (TPSA) is 75.7 Å². The van der Waals surface area contributed by atoms with Crippen molar-refractivity contribution in [2.75, 3.05) is 20.2 Å². The van der Waals surface area contributed by atoms with E-state index in [1.165, 1.54) is 4.31 Å². The van der Waals surface area contributed by atoms with Gasteiger partial charge in [0, 0.05) is 13.1 Å². The summed E-state index contributed by atoms with van der Waals surface area (Å²) in [5, 5.41) is 2.76. The van der Waals surface area contributed by atoms with Gasteiger partial charge in [0.15, 0.2) is 0 Å². The minimum absolute atomic E-state index is 0.200. The third-order valence-electron chi connectivity index (χ3n) is 4.56. The average molecular weight is 374 g/mol. The molecule has 0 spiro atoms. The Bertz CT molecular complexity index is 926. The molecule has 0 radical (unpaired) electrons. The Morgan fingerprint density at radius 1 is 1.12 bits per heavy atom. The van der Waals surface area contributed by atoms with E-state index in [1.54, 1.807) is 57.4 Å². The minimum Gasteiger partial charge on any atom is -0.496 e.